The summed E-state index contributed by atoms with van der Waals surface area (Å²) in [7, 11) is 0. The second kappa shape index (κ2) is 8.59. The van der Waals surface area contributed by atoms with Gasteiger partial charge < -0.3 is 10.6 Å². The Bertz CT molecular complexity index is 865. The molecule has 1 aromatic heterocycles. The predicted molar refractivity (Wildman–Crippen MR) is 111 cm³/mol. The number of hydrogen-bond acceptors (Lipinski definition) is 3. The van der Waals surface area contributed by atoms with E-state index in [1.807, 2.05) is 29.8 Å². The Morgan fingerprint density at radius 2 is 1.86 bits per heavy atom. The normalized spacial score (nSPS) is 13.6. The highest BCUT2D eigenvalue weighted by molar-refractivity contribution is 5.96. The molecule has 0 atom stereocenters. The van der Waals surface area contributed by atoms with Crippen molar-refractivity contribution in [1.82, 2.24) is 9.78 Å². The highest BCUT2D eigenvalue weighted by Crippen LogP contribution is 2.30. The molecule has 0 spiro atoms. The molecule has 3 rings (SSSR count). The van der Waals surface area contributed by atoms with Crippen molar-refractivity contribution in [3.8, 4) is 0 Å². The van der Waals surface area contributed by atoms with E-state index >= 15 is 0 Å². The number of carbonyl (C=O) groups excluding carboxylic acids is 2. The van der Waals surface area contributed by atoms with E-state index in [-0.39, 0.29) is 17.7 Å². The van der Waals surface area contributed by atoms with Crippen molar-refractivity contribution in [2.45, 2.75) is 59.9 Å². The zero-order chi connectivity index (χ0) is 20.3. The molecule has 0 radical (unpaired) electrons. The Morgan fingerprint density at radius 3 is 2.50 bits per heavy atom. The highest BCUT2D eigenvalue weighted by Gasteiger charge is 2.29. The highest BCUT2D eigenvalue weighted by atomic mass is 16.2. The topological polar surface area (TPSA) is 76.0 Å². The number of amides is 2. The summed E-state index contributed by atoms with van der Waals surface area (Å²) in [6, 6.07) is 7.31. The van der Waals surface area contributed by atoms with Crippen LogP contribution >= 0.6 is 0 Å². The van der Waals surface area contributed by atoms with Gasteiger partial charge in [-0.05, 0) is 62.8 Å². The van der Waals surface area contributed by atoms with Crippen molar-refractivity contribution in [2.75, 3.05) is 10.6 Å². The lowest BCUT2D eigenvalue weighted by Gasteiger charge is -2.09. The van der Waals surface area contributed by atoms with Crippen LogP contribution in [0.4, 0.5) is 11.4 Å². The van der Waals surface area contributed by atoms with Crippen LogP contribution in [0.3, 0.4) is 0 Å². The molecule has 6 heteroatoms. The molecule has 2 amide bonds. The molecular weight excluding hydrogens is 352 g/mol. The largest absolute Gasteiger partial charge is 0.326 e. The van der Waals surface area contributed by atoms with Gasteiger partial charge in [0, 0.05) is 36.0 Å². The fraction of sp³-hybridized carbons (Fsp3) is 0.500. The van der Waals surface area contributed by atoms with Gasteiger partial charge in [0.1, 0.15) is 0 Å². The van der Waals surface area contributed by atoms with E-state index in [0.717, 1.165) is 42.0 Å². The van der Waals surface area contributed by atoms with Gasteiger partial charge >= 0.3 is 0 Å². The third-order valence-corrected chi connectivity index (χ3v) is 5.03. The van der Waals surface area contributed by atoms with Gasteiger partial charge in [0.2, 0.25) is 11.8 Å². The SMILES string of the molecule is Cc1nn(CC(C)C)c(C)c1CCC(=O)Nc1cccc(NC(=O)C2CC2)c1. The van der Waals surface area contributed by atoms with Crippen LogP contribution in [0.25, 0.3) is 0 Å². The smallest absolute Gasteiger partial charge is 0.227 e. The van der Waals surface area contributed by atoms with Crippen LogP contribution in [-0.4, -0.2) is 21.6 Å². The van der Waals surface area contributed by atoms with Gasteiger partial charge in [-0.3, -0.25) is 14.3 Å². The van der Waals surface area contributed by atoms with Crippen molar-refractivity contribution in [3.05, 3.63) is 41.2 Å². The van der Waals surface area contributed by atoms with E-state index in [2.05, 4.69) is 36.5 Å². The van der Waals surface area contributed by atoms with E-state index in [1.54, 1.807) is 6.07 Å². The number of aromatic nitrogens is 2. The van der Waals surface area contributed by atoms with E-state index in [9.17, 15) is 9.59 Å². The first kappa shape index (κ1) is 20.1. The number of benzene rings is 1. The molecule has 2 aromatic rings. The maximum atomic E-state index is 12.4. The summed E-state index contributed by atoms with van der Waals surface area (Å²) >= 11 is 0. The van der Waals surface area contributed by atoms with Crippen LogP contribution in [0.15, 0.2) is 24.3 Å². The molecule has 1 aliphatic carbocycles. The standard InChI is InChI=1S/C22H30N4O2/c1-14(2)13-26-16(4)20(15(3)25-26)10-11-21(27)23-18-6-5-7-19(12-18)24-22(28)17-8-9-17/h5-7,12,14,17H,8-11,13H2,1-4H3,(H,23,27)(H,24,28). The van der Waals surface area contributed by atoms with Gasteiger partial charge in [-0.25, -0.2) is 0 Å². The van der Waals surface area contributed by atoms with Crippen molar-refractivity contribution >= 4 is 23.2 Å². The van der Waals surface area contributed by atoms with Crippen molar-refractivity contribution in [3.63, 3.8) is 0 Å². The number of carbonyl (C=O) groups is 2. The van der Waals surface area contributed by atoms with Crippen LogP contribution in [0.1, 0.15) is 50.1 Å². The predicted octanol–water partition coefficient (Wildman–Crippen LogP) is 4.08. The molecule has 1 aromatic carbocycles. The summed E-state index contributed by atoms with van der Waals surface area (Å²) in [4.78, 5) is 24.3. The van der Waals surface area contributed by atoms with Gasteiger partial charge in [-0.1, -0.05) is 19.9 Å². The van der Waals surface area contributed by atoms with Crippen LogP contribution in [0, 0.1) is 25.7 Å². The van der Waals surface area contributed by atoms with Crippen molar-refractivity contribution in [1.29, 1.82) is 0 Å². The first-order chi connectivity index (χ1) is 13.3. The molecule has 1 heterocycles. The van der Waals surface area contributed by atoms with E-state index in [4.69, 9.17) is 0 Å². The van der Waals surface area contributed by atoms with Gasteiger partial charge in [0.25, 0.3) is 0 Å². The molecule has 0 bridgehead atoms. The lowest BCUT2D eigenvalue weighted by Crippen LogP contribution is -2.15. The summed E-state index contributed by atoms with van der Waals surface area (Å²) in [6.07, 6.45) is 3.00. The monoisotopic (exact) mass is 382 g/mol. The number of aryl methyl sites for hydroxylation is 1. The van der Waals surface area contributed by atoms with Gasteiger partial charge in [-0.2, -0.15) is 5.10 Å². The number of nitrogens with one attached hydrogen (secondary N) is 2. The Labute approximate surface area is 166 Å². The Kier molecular flexibility index (Phi) is 6.17. The number of hydrogen-bond donors (Lipinski definition) is 2. The molecule has 2 N–H and O–H groups in total. The summed E-state index contributed by atoms with van der Waals surface area (Å²) < 4.78 is 2.04. The zero-order valence-electron chi connectivity index (χ0n) is 17.2. The fourth-order valence-electron chi connectivity index (χ4n) is 3.35. The van der Waals surface area contributed by atoms with Crippen LogP contribution in [0.2, 0.25) is 0 Å². The minimum absolute atomic E-state index is 0.0407. The Hall–Kier alpha value is -2.63. The molecular formula is C22H30N4O2. The van der Waals surface area contributed by atoms with Gasteiger partial charge in [-0.15, -0.1) is 0 Å². The maximum Gasteiger partial charge on any atom is 0.227 e. The average Bonchev–Trinajstić information content (AvgIpc) is 3.42. The first-order valence-corrected chi connectivity index (χ1v) is 10.1. The molecule has 1 fully saturated rings. The van der Waals surface area contributed by atoms with E-state index < -0.39 is 0 Å². The third-order valence-electron chi connectivity index (χ3n) is 5.03. The molecule has 0 saturated heterocycles. The fourth-order valence-corrected chi connectivity index (χ4v) is 3.35. The molecule has 0 unspecified atom stereocenters. The molecule has 150 valence electrons. The van der Waals surface area contributed by atoms with E-state index in [0.29, 0.717) is 24.4 Å². The average molecular weight is 383 g/mol. The number of nitrogens with zero attached hydrogens (tertiary/aromatic N) is 2. The summed E-state index contributed by atoms with van der Waals surface area (Å²) in [5, 5.41) is 10.5. The minimum Gasteiger partial charge on any atom is -0.326 e. The second-order valence-electron chi connectivity index (χ2n) is 8.12. The lowest BCUT2D eigenvalue weighted by atomic mass is 10.1. The molecule has 28 heavy (non-hydrogen) atoms. The summed E-state index contributed by atoms with van der Waals surface area (Å²) in [5.41, 5.74) is 4.71. The summed E-state index contributed by atoms with van der Waals surface area (Å²) in [5.74, 6) is 0.706. The third kappa shape index (κ3) is 5.21. The summed E-state index contributed by atoms with van der Waals surface area (Å²) in [6.45, 7) is 9.30. The van der Waals surface area contributed by atoms with E-state index in [1.165, 1.54) is 0 Å². The van der Waals surface area contributed by atoms with Crippen molar-refractivity contribution in [2.24, 2.45) is 11.8 Å². The second-order valence-corrected chi connectivity index (χ2v) is 8.12. The Morgan fingerprint density at radius 1 is 1.18 bits per heavy atom. The quantitative estimate of drug-likeness (QED) is 0.722. The Balaban J connectivity index is 1.56. The number of rotatable bonds is 8. The molecule has 1 aliphatic rings. The van der Waals surface area contributed by atoms with Crippen LogP contribution < -0.4 is 10.6 Å². The maximum absolute atomic E-state index is 12.4. The lowest BCUT2D eigenvalue weighted by molar-refractivity contribution is -0.117. The molecule has 0 aliphatic heterocycles. The molecule has 6 nitrogen and oxygen atoms in total. The number of anilines is 2. The van der Waals surface area contributed by atoms with Gasteiger partial charge in [0.15, 0.2) is 0 Å². The van der Waals surface area contributed by atoms with Crippen LogP contribution in [-0.2, 0) is 22.6 Å². The van der Waals surface area contributed by atoms with Gasteiger partial charge in [0.05, 0.1) is 5.69 Å². The molecule has 1 saturated carbocycles. The van der Waals surface area contributed by atoms with Crippen LogP contribution in [0.5, 0.6) is 0 Å². The van der Waals surface area contributed by atoms with Crippen molar-refractivity contribution < 1.29 is 9.59 Å². The zero-order valence-corrected chi connectivity index (χ0v) is 17.2. The minimum atomic E-state index is -0.0407. The first-order valence-electron chi connectivity index (χ1n) is 10.1.